The van der Waals surface area contributed by atoms with Crippen LogP contribution in [0.15, 0.2) is 24.3 Å². The first-order valence-corrected chi connectivity index (χ1v) is 7.94. The van der Waals surface area contributed by atoms with E-state index in [2.05, 4.69) is 0 Å². The fraction of sp³-hybridized carbons (Fsp3) is 0.588. The Hall–Kier alpha value is -1.46. The summed E-state index contributed by atoms with van der Waals surface area (Å²) in [6, 6.07) is 6.65. The summed E-state index contributed by atoms with van der Waals surface area (Å²) in [6.07, 6.45) is 4.02. The average molecular weight is 306 g/mol. The van der Waals surface area contributed by atoms with E-state index in [0.717, 1.165) is 50.9 Å². The lowest BCUT2D eigenvalue weighted by atomic mass is 9.76. The van der Waals surface area contributed by atoms with E-state index in [9.17, 15) is 9.18 Å². The Morgan fingerprint density at radius 1 is 1.32 bits per heavy atom. The first kappa shape index (κ1) is 15.4. The van der Waals surface area contributed by atoms with Gasteiger partial charge in [0.25, 0.3) is 0 Å². The van der Waals surface area contributed by atoms with Crippen molar-refractivity contribution in [1.82, 2.24) is 4.90 Å². The third-order valence-corrected chi connectivity index (χ3v) is 5.01. The first-order valence-electron chi connectivity index (χ1n) is 7.94. The van der Waals surface area contributed by atoms with Crippen molar-refractivity contribution in [1.29, 1.82) is 0 Å². The van der Waals surface area contributed by atoms with E-state index in [1.807, 2.05) is 17.0 Å². The molecule has 2 aliphatic rings. The van der Waals surface area contributed by atoms with Crippen molar-refractivity contribution in [2.24, 2.45) is 11.1 Å². The van der Waals surface area contributed by atoms with Crippen LogP contribution in [0, 0.1) is 11.2 Å². The van der Waals surface area contributed by atoms with Crippen LogP contribution in [0.25, 0.3) is 0 Å². The van der Waals surface area contributed by atoms with Gasteiger partial charge in [-0.2, -0.15) is 0 Å². The topological polar surface area (TPSA) is 55.6 Å². The zero-order valence-corrected chi connectivity index (χ0v) is 12.8. The van der Waals surface area contributed by atoms with E-state index in [4.69, 9.17) is 10.5 Å². The monoisotopic (exact) mass is 306 g/mol. The minimum absolute atomic E-state index is 0.0385. The van der Waals surface area contributed by atoms with Gasteiger partial charge in [-0.05, 0) is 48.8 Å². The number of rotatable bonds is 3. The maximum Gasteiger partial charge on any atom is 0.236 e. The molecule has 1 aromatic carbocycles. The van der Waals surface area contributed by atoms with Gasteiger partial charge in [0.2, 0.25) is 5.91 Å². The number of ether oxygens (including phenoxy) is 1. The molecule has 2 N–H and O–H groups in total. The van der Waals surface area contributed by atoms with Crippen molar-refractivity contribution < 1.29 is 13.9 Å². The Bertz CT molecular complexity index is 524. The number of nitrogens with two attached hydrogens (primary N) is 1. The predicted octanol–water partition coefficient (Wildman–Crippen LogP) is 1.72. The minimum atomic E-state index is -0.204. The molecule has 1 atom stereocenters. The number of nitrogens with zero attached hydrogens (tertiary/aromatic N) is 1. The Morgan fingerprint density at radius 2 is 2.00 bits per heavy atom. The fourth-order valence-corrected chi connectivity index (χ4v) is 3.62. The van der Waals surface area contributed by atoms with Crippen molar-refractivity contribution in [2.75, 3.05) is 26.2 Å². The number of likely N-dealkylation sites (tertiary alicyclic amines) is 1. The standard InChI is InChI=1S/C17H23FN2O2/c18-14-3-1-13(2-4-14)9-15-10-17(12-22-15)5-7-20(8-6-17)16(21)11-19/h1-4,15H,5-12,19H2. The third-order valence-electron chi connectivity index (χ3n) is 5.01. The number of halogens is 1. The normalized spacial score (nSPS) is 23.9. The quantitative estimate of drug-likeness (QED) is 0.925. The zero-order chi connectivity index (χ0) is 15.6. The molecule has 1 spiro atoms. The van der Waals surface area contributed by atoms with Gasteiger partial charge in [0, 0.05) is 13.1 Å². The number of benzene rings is 1. The van der Waals surface area contributed by atoms with Crippen LogP contribution in [0.3, 0.4) is 0 Å². The highest BCUT2D eigenvalue weighted by Crippen LogP contribution is 2.42. The molecule has 120 valence electrons. The predicted molar refractivity (Wildman–Crippen MR) is 81.8 cm³/mol. The highest BCUT2D eigenvalue weighted by Gasteiger charge is 2.42. The largest absolute Gasteiger partial charge is 0.377 e. The van der Waals surface area contributed by atoms with Crippen LogP contribution >= 0.6 is 0 Å². The smallest absolute Gasteiger partial charge is 0.236 e. The molecule has 22 heavy (non-hydrogen) atoms. The fourth-order valence-electron chi connectivity index (χ4n) is 3.62. The second-order valence-corrected chi connectivity index (χ2v) is 6.55. The Kier molecular flexibility index (Phi) is 4.45. The van der Waals surface area contributed by atoms with Gasteiger partial charge in [-0.15, -0.1) is 0 Å². The van der Waals surface area contributed by atoms with Gasteiger partial charge >= 0.3 is 0 Å². The van der Waals surface area contributed by atoms with Crippen LogP contribution in [-0.4, -0.2) is 43.2 Å². The highest BCUT2D eigenvalue weighted by atomic mass is 19.1. The van der Waals surface area contributed by atoms with Crippen molar-refractivity contribution in [3.63, 3.8) is 0 Å². The van der Waals surface area contributed by atoms with Gasteiger partial charge in [-0.1, -0.05) is 12.1 Å². The van der Waals surface area contributed by atoms with Gasteiger partial charge in [0.15, 0.2) is 0 Å². The molecule has 0 saturated carbocycles. The van der Waals surface area contributed by atoms with Crippen molar-refractivity contribution >= 4 is 5.91 Å². The number of piperidine rings is 1. The van der Waals surface area contributed by atoms with Crippen LogP contribution in [0.1, 0.15) is 24.8 Å². The summed E-state index contributed by atoms with van der Waals surface area (Å²) in [5.41, 5.74) is 6.74. The van der Waals surface area contributed by atoms with Gasteiger partial charge in [-0.3, -0.25) is 4.79 Å². The molecule has 0 bridgehead atoms. The van der Waals surface area contributed by atoms with Crippen molar-refractivity contribution in [3.8, 4) is 0 Å². The van der Waals surface area contributed by atoms with Crippen LogP contribution in [0.2, 0.25) is 0 Å². The maximum absolute atomic E-state index is 12.9. The number of hydrogen-bond acceptors (Lipinski definition) is 3. The van der Waals surface area contributed by atoms with Crippen LogP contribution in [0.4, 0.5) is 4.39 Å². The summed E-state index contributed by atoms with van der Waals surface area (Å²) in [7, 11) is 0. The summed E-state index contributed by atoms with van der Waals surface area (Å²) in [5, 5.41) is 0. The van der Waals surface area contributed by atoms with E-state index in [-0.39, 0.29) is 29.8 Å². The first-order chi connectivity index (χ1) is 10.6. The van der Waals surface area contributed by atoms with Gasteiger partial charge in [0.1, 0.15) is 5.82 Å². The summed E-state index contributed by atoms with van der Waals surface area (Å²) >= 11 is 0. The minimum Gasteiger partial charge on any atom is -0.377 e. The Balaban J connectivity index is 1.54. The molecule has 1 aromatic rings. The Morgan fingerprint density at radius 3 is 2.64 bits per heavy atom. The average Bonchev–Trinajstić information content (AvgIpc) is 2.92. The maximum atomic E-state index is 12.9. The van der Waals surface area contributed by atoms with Crippen molar-refractivity contribution in [3.05, 3.63) is 35.6 Å². The second-order valence-electron chi connectivity index (χ2n) is 6.55. The SMILES string of the molecule is NCC(=O)N1CCC2(CC1)COC(Cc1ccc(F)cc1)C2. The van der Waals surface area contributed by atoms with Gasteiger partial charge in [0.05, 0.1) is 19.3 Å². The van der Waals surface area contributed by atoms with Crippen molar-refractivity contribution in [2.45, 2.75) is 31.8 Å². The van der Waals surface area contributed by atoms with Gasteiger partial charge < -0.3 is 15.4 Å². The van der Waals surface area contributed by atoms with Crippen LogP contribution < -0.4 is 5.73 Å². The molecule has 1 amide bonds. The van der Waals surface area contributed by atoms with E-state index in [1.165, 1.54) is 12.1 Å². The summed E-state index contributed by atoms with van der Waals surface area (Å²) < 4.78 is 18.9. The summed E-state index contributed by atoms with van der Waals surface area (Å²) in [5.74, 6) is -0.166. The number of carbonyl (C=O) groups excluding carboxylic acids is 1. The van der Waals surface area contributed by atoms with Gasteiger partial charge in [-0.25, -0.2) is 4.39 Å². The van der Waals surface area contributed by atoms with E-state index >= 15 is 0 Å². The van der Waals surface area contributed by atoms with Crippen LogP contribution in [0.5, 0.6) is 0 Å². The lowest BCUT2D eigenvalue weighted by molar-refractivity contribution is -0.132. The van der Waals surface area contributed by atoms with E-state index in [0.29, 0.717) is 0 Å². The molecular formula is C17H23FN2O2. The molecule has 2 saturated heterocycles. The molecule has 2 aliphatic heterocycles. The molecule has 2 fully saturated rings. The number of carbonyl (C=O) groups is 1. The van der Waals surface area contributed by atoms with Crippen LogP contribution in [-0.2, 0) is 16.0 Å². The number of amides is 1. The lowest BCUT2D eigenvalue weighted by Gasteiger charge is -2.38. The molecule has 4 nitrogen and oxygen atoms in total. The molecule has 2 heterocycles. The molecular weight excluding hydrogens is 283 g/mol. The van der Waals surface area contributed by atoms with E-state index in [1.54, 1.807) is 0 Å². The number of hydrogen-bond donors (Lipinski definition) is 1. The summed E-state index contributed by atoms with van der Waals surface area (Å²) in [6.45, 7) is 2.42. The Labute approximate surface area is 130 Å². The molecule has 0 aliphatic carbocycles. The molecule has 0 aromatic heterocycles. The molecule has 3 rings (SSSR count). The summed E-state index contributed by atoms with van der Waals surface area (Å²) in [4.78, 5) is 13.5. The molecule has 5 heteroatoms. The van der Waals surface area contributed by atoms with E-state index < -0.39 is 0 Å². The molecule has 1 unspecified atom stereocenters. The zero-order valence-electron chi connectivity index (χ0n) is 12.8. The highest BCUT2D eigenvalue weighted by molar-refractivity contribution is 5.78. The second kappa shape index (κ2) is 6.34. The molecule has 0 radical (unpaired) electrons. The third kappa shape index (κ3) is 3.31. The lowest BCUT2D eigenvalue weighted by Crippen LogP contribution is -2.45.